The molecule has 1 aromatic rings. The molecular formula is C11H17N3O3S. The maximum atomic E-state index is 11.4. The van der Waals surface area contributed by atoms with Crippen LogP contribution >= 0.6 is 11.5 Å². The third-order valence-corrected chi connectivity index (χ3v) is 4.01. The Kier molecular flexibility index (Phi) is 3.54. The lowest BCUT2D eigenvalue weighted by Gasteiger charge is -2.25. The molecule has 1 fully saturated rings. The number of carboxylic acids is 1. The van der Waals surface area contributed by atoms with Crippen LogP contribution in [0.5, 0.6) is 0 Å². The van der Waals surface area contributed by atoms with Crippen LogP contribution in [0, 0.1) is 5.92 Å². The first-order valence-electron chi connectivity index (χ1n) is 5.85. The summed E-state index contributed by atoms with van der Waals surface area (Å²) >= 11 is 1.17. The molecule has 0 amide bonds. The molecule has 0 aliphatic heterocycles. The number of carboxylic acid groups (broad SMARTS) is 1. The minimum absolute atomic E-state index is 0.169. The summed E-state index contributed by atoms with van der Waals surface area (Å²) in [6, 6.07) is 0. The van der Waals surface area contributed by atoms with Crippen LogP contribution in [-0.2, 0) is 9.53 Å². The quantitative estimate of drug-likeness (QED) is 0.822. The first-order chi connectivity index (χ1) is 8.47. The van der Waals surface area contributed by atoms with Crippen LogP contribution in [0.25, 0.3) is 0 Å². The highest BCUT2D eigenvalue weighted by molar-refractivity contribution is 7.09. The Labute approximate surface area is 110 Å². The van der Waals surface area contributed by atoms with E-state index in [9.17, 15) is 9.90 Å². The summed E-state index contributed by atoms with van der Waals surface area (Å²) in [5.74, 6) is -0.0997. The van der Waals surface area contributed by atoms with Gasteiger partial charge >= 0.3 is 5.97 Å². The van der Waals surface area contributed by atoms with Gasteiger partial charge < -0.3 is 15.2 Å². The molecule has 1 aromatic heterocycles. The van der Waals surface area contributed by atoms with Crippen molar-refractivity contribution in [3.63, 3.8) is 0 Å². The number of methoxy groups -OCH3 is 1. The number of rotatable bonds is 6. The molecular weight excluding hydrogens is 254 g/mol. The van der Waals surface area contributed by atoms with Gasteiger partial charge in [-0.05, 0) is 32.6 Å². The molecule has 6 nitrogen and oxygen atoms in total. The number of nitrogens with zero attached hydrogens (tertiary/aromatic N) is 2. The fourth-order valence-electron chi connectivity index (χ4n) is 1.77. The molecule has 0 radical (unpaired) electrons. The van der Waals surface area contributed by atoms with Gasteiger partial charge in [-0.25, -0.2) is 9.78 Å². The topological polar surface area (TPSA) is 84.3 Å². The second-order valence-corrected chi connectivity index (χ2v) is 5.49. The van der Waals surface area contributed by atoms with Gasteiger partial charge in [0.1, 0.15) is 11.6 Å². The SMILES string of the molecule is COC(C)c1nsc(NC(C)(C(=O)O)C2CC2)n1. The van der Waals surface area contributed by atoms with Crippen molar-refractivity contribution in [2.45, 2.75) is 38.3 Å². The van der Waals surface area contributed by atoms with Crippen molar-refractivity contribution in [1.82, 2.24) is 9.36 Å². The van der Waals surface area contributed by atoms with E-state index in [0.717, 1.165) is 12.8 Å². The Morgan fingerprint density at radius 3 is 2.83 bits per heavy atom. The zero-order valence-electron chi connectivity index (χ0n) is 10.6. The van der Waals surface area contributed by atoms with Gasteiger partial charge in [-0.3, -0.25) is 0 Å². The monoisotopic (exact) mass is 271 g/mol. The molecule has 0 bridgehead atoms. The normalized spacial score (nSPS) is 20.2. The van der Waals surface area contributed by atoms with Gasteiger partial charge in [0.15, 0.2) is 5.82 Å². The number of aliphatic carboxylic acids is 1. The van der Waals surface area contributed by atoms with E-state index < -0.39 is 11.5 Å². The molecule has 1 aliphatic carbocycles. The molecule has 1 aliphatic rings. The summed E-state index contributed by atoms with van der Waals surface area (Å²) < 4.78 is 9.28. The lowest BCUT2D eigenvalue weighted by Crippen LogP contribution is -2.45. The molecule has 0 aromatic carbocycles. The van der Waals surface area contributed by atoms with Crippen molar-refractivity contribution in [2.24, 2.45) is 5.92 Å². The molecule has 100 valence electrons. The van der Waals surface area contributed by atoms with Crippen LogP contribution in [0.1, 0.15) is 38.6 Å². The zero-order valence-corrected chi connectivity index (χ0v) is 11.5. The van der Waals surface area contributed by atoms with E-state index in [-0.39, 0.29) is 12.0 Å². The van der Waals surface area contributed by atoms with E-state index in [2.05, 4.69) is 14.7 Å². The van der Waals surface area contributed by atoms with Gasteiger partial charge in [0.2, 0.25) is 5.13 Å². The average Bonchev–Trinajstić information content (AvgIpc) is 3.10. The Morgan fingerprint density at radius 2 is 2.33 bits per heavy atom. The second-order valence-electron chi connectivity index (χ2n) is 4.74. The summed E-state index contributed by atoms with van der Waals surface area (Å²) in [5.41, 5.74) is -0.951. The van der Waals surface area contributed by atoms with Crippen molar-refractivity contribution in [3.8, 4) is 0 Å². The van der Waals surface area contributed by atoms with E-state index in [1.165, 1.54) is 11.5 Å². The first-order valence-corrected chi connectivity index (χ1v) is 6.62. The fourth-order valence-corrected chi connectivity index (χ4v) is 2.53. The third kappa shape index (κ3) is 2.46. The molecule has 2 N–H and O–H groups in total. The number of hydrogen-bond acceptors (Lipinski definition) is 6. The van der Waals surface area contributed by atoms with Crippen molar-refractivity contribution >= 4 is 22.6 Å². The highest BCUT2D eigenvalue weighted by Gasteiger charge is 2.48. The van der Waals surface area contributed by atoms with Crippen molar-refractivity contribution in [2.75, 3.05) is 12.4 Å². The number of hydrogen-bond donors (Lipinski definition) is 2. The molecule has 18 heavy (non-hydrogen) atoms. The third-order valence-electron chi connectivity index (χ3n) is 3.36. The maximum Gasteiger partial charge on any atom is 0.329 e. The number of aromatic nitrogens is 2. The molecule has 1 saturated carbocycles. The molecule has 2 unspecified atom stereocenters. The van der Waals surface area contributed by atoms with Crippen LogP contribution in [0.15, 0.2) is 0 Å². The Hall–Kier alpha value is -1.21. The lowest BCUT2D eigenvalue weighted by atomic mass is 9.96. The first kappa shape index (κ1) is 13.2. The molecule has 7 heteroatoms. The minimum atomic E-state index is -0.951. The lowest BCUT2D eigenvalue weighted by molar-refractivity contribution is -0.142. The average molecular weight is 271 g/mol. The minimum Gasteiger partial charge on any atom is -0.480 e. The highest BCUT2D eigenvalue weighted by Crippen LogP contribution is 2.41. The molecule has 1 heterocycles. The van der Waals surface area contributed by atoms with E-state index >= 15 is 0 Å². The van der Waals surface area contributed by atoms with Gasteiger partial charge in [0, 0.05) is 18.6 Å². The van der Waals surface area contributed by atoms with E-state index in [4.69, 9.17) is 4.74 Å². The summed E-state index contributed by atoms with van der Waals surface area (Å²) in [6.45, 7) is 3.55. The molecule has 2 rings (SSSR count). The Bertz CT molecular complexity index is 446. The van der Waals surface area contributed by atoms with E-state index in [1.54, 1.807) is 14.0 Å². The number of ether oxygens (including phenoxy) is 1. The van der Waals surface area contributed by atoms with Crippen LogP contribution in [0.3, 0.4) is 0 Å². The molecule has 0 spiro atoms. The number of nitrogens with one attached hydrogen (secondary N) is 1. The van der Waals surface area contributed by atoms with Crippen LogP contribution < -0.4 is 5.32 Å². The number of carbonyl (C=O) groups is 1. The largest absolute Gasteiger partial charge is 0.480 e. The molecule has 0 saturated heterocycles. The van der Waals surface area contributed by atoms with Crippen LogP contribution in [-0.4, -0.2) is 33.1 Å². The zero-order chi connectivity index (χ0) is 13.3. The summed E-state index contributed by atoms with van der Waals surface area (Å²) in [7, 11) is 1.59. The van der Waals surface area contributed by atoms with Crippen LogP contribution in [0.2, 0.25) is 0 Å². The van der Waals surface area contributed by atoms with E-state index in [0.29, 0.717) is 11.0 Å². The fraction of sp³-hybridized carbons (Fsp3) is 0.727. The van der Waals surface area contributed by atoms with Crippen molar-refractivity contribution in [3.05, 3.63) is 5.82 Å². The van der Waals surface area contributed by atoms with Crippen LogP contribution in [0.4, 0.5) is 5.13 Å². The smallest absolute Gasteiger partial charge is 0.329 e. The molecule has 2 atom stereocenters. The van der Waals surface area contributed by atoms with E-state index in [1.807, 2.05) is 6.92 Å². The Morgan fingerprint density at radius 1 is 1.67 bits per heavy atom. The Balaban J connectivity index is 2.12. The van der Waals surface area contributed by atoms with Gasteiger partial charge in [-0.1, -0.05) is 0 Å². The predicted molar refractivity (Wildman–Crippen MR) is 67.7 cm³/mol. The standard InChI is InChI=1S/C11H17N3O3S/c1-6(17-3)8-12-10(18-14-8)13-11(2,9(15)16)7-4-5-7/h6-7H,4-5H2,1-3H3,(H,15,16)(H,12,13,14). The van der Waals surface area contributed by atoms with Gasteiger partial charge in [0.25, 0.3) is 0 Å². The van der Waals surface area contributed by atoms with Crippen molar-refractivity contribution in [1.29, 1.82) is 0 Å². The highest BCUT2D eigenvalue weighted by atomic mass is 32.1. The second kappa shape index (κ2) is 4.81. The summed E-state index contributed by atoms with van der Waals surface area (Å²) in [6.07, 6.45) is 1.69. The maximum absolute atomic E-state index is 11.4. The predicted octanol–water partition coefficient (Wildman–Crippen LogP) is 1.91. The van der Waals surface area contributed by atoms with Gasteiger partial charge in [-0.2, -0.15) is 4.37 Å². The summed E-state index contributed by atoms with van der Waals surface area (Å²) in [4.78, 5) is 15.6. The van der Waals surface area contributed by atoms with Gasteiger partial charge in [-0.15, -0.1) is 0 Å². The van der Waals surface area contributed by atoms with Gasteiger partial charge in [0.05, 0.1) is 0 Å². The van der Waals surface area contributed by atoms with Crippen molar-refractivity contribution < 1.29 is 14.6 Å². The number of anilines is 1. The summed E-state index contributed by atoms with van der Waals surface area (Å²) in [5, 5.41) is 12.9.